The van der Waals surface area contributed by atoms with Gasteiger partial charge in [-0.05, 0) is 5.92 Å². The molecule has 7 nitrogen and oxygen atoms in total. The lowest BCUT2D eigenvalue weighted by atomic mass is 9.76. The predicted octanol–water partition coefficient (Wildman–Crippen LogP) is 1.85. The molecule has 3 aliphatic heterocycles. The molecule has 0 unspecified atom stereocenters. The summed E-state index contributed by atoms with van der Waals surface area (Å²) in [5.74, 6) is 0.182. The van der Waals surface area contributed by atoms with Crippen molar-refractivity contribution in [3.05, 3.63) is 30.2 Å². The van der Waals surface area contributed by atoms with E-state index in [4.69, 9.17) is 9.26 Å². The Balaban J connectivity index is 1.53. The zero-order chi connectivity index (χ0) is 19.2. The van der Waals surface area contributed by atoms with Gasteiger partial charge >= 0.3 is 0 Å². The van der Waals surface area contributed by atoms with E-state index in [1.807, 2.05) is 17.1 Å². The van der Waals surface area contributed by atoms with E-state index < -0.39 is 17.4 Å². The molecular formula is C20H27N3O4. The number of ether oxygens (including phenoxy) is 1. The van der Waals surface area contributed by atoms with E-state index in [-0.39, 0.29) is 17.9 Å². The molecular weight excluding hydrogens is 346 g/mol. The number of likely N-dealkylation sites (tertiary alicyclic amines) is 1. The number of aromatic nitrogens is 1. The molecule has 0 N–H and O–H groups in total. The van der Waals surface area contributed by atoms with Gasteiger partial charge in [-0.25, -0.2) is 0 Å². The van der Waals surface area contributed by atoms with E-state index in [0.29, 0.717) is 24.8 Å². The topological polar surface area (TPSA) is 75.9 Å². The van der Waals surface area contributed by atoms with Crippen molar-refractivity contribution in [2.45, 2.75) is 44.9 Å². The maximum absolute atomic E-state index is 13.2. The summed E-state index contributed by atoms with van der Waals surface area (Å²) in [5, 5.41) is 3.68. The number of hydrogen-bond donors (Lipinski definition) is 0. The van der Waals surface area contributed by atoms with E-state index in [1.54, 1.807) is 24.2 Å². The fourth-order valence-electron chi connectivity index (χ4n) is 4.76. The summed E-state index contributed by atoms with van der Waals surface area (Å²) in [5.41, 5.74) is -0.638. The predicted molar refractivity (Wildman–Crippen MR) is 97.4 cm³/mol. The number of nitrogens with zero attached hydrogens (tertiary/aromatic N) is 3. The van der Waals surface area contributed by atoms with Gasteiger partial charge < -0.3 is 19.1 Å². The van der Waals surface area contributed by atoms with Gasteiger partial charge in [0.2, 0.25) is 11.8 Å². The molecule has 0 saturated carbocycles. The molecule has 1 aromatic rings. The first kappa shape index (κ1) is 18.2. The van der Waals surface area contributed by atoms with Crippen molar-refractivity contribution >= 4 is 11.8 Å². The molecule has 0 aliphatic carbocycles. The third kappa shape index (κ3) is 2.88. The summed E-state index contributed by atoms with van der Waals surface area (Å²) >= 11 is 0. The van der Waals surface area contributed by atoms with Gasteiger partial charge in [0.25, 0.3) is 0 Å². The van der Waals surface area contributed by atoms with Crippen LogP contribution in [0.25, 0.3) is 0 Å². The van der Waals surface area contributed by atoms with Crippen LogP contribution in [0.5, 0.6) is 0 Å². The first-order valence-corrected chi connectivity index (χ1v) is 9.79. The summed E-state index contributed by atoms with van der Waals surface area (Å²) in [6, 6.07) is 1.74. The first-order chi connectivity index (χ1) is 13.0. The molecule has 2 bridgehead atoms. The van der Waals surface area contributed by atoms with Crippen LogP contribution < -0.4 is 0 Å². The smallest absolute Gasteiger partial charge is 0.230 e. The van der Waals surface area contributed by atoms with Crippen molar-refractivity contribution in [3.8, 4) is 0 Å². The Morgan fingerprint density at radius 2 is 2.22 bits per heavy atom. The summed E-state index contributed by atoms with van der Waals surface area (Å²) in [4.78, 5) is 29.9. The second-order valence-electron chi connectivity index (χ2n) is 7.97. The van der Waals surface area contributed by atoms with Gasteiger partial charge in [0.1, 0.15) is 5.60 Å². The summed E-state index contributed by atoms with van der Waals surface area (Å²) in [6.45, 7) is 5.93. The van der Waals surface area contributed by atoms with Crippen molar-refractivity contribution in [1.82, 2.24) is 15.0 Å². The lowest BCUT2D eigenvalue weighted by Crippen LogP contribution is -2.44. The fourth-order valence-corrected chi connectivity index (χ4v) is 4.76. The molecule has 4 heterocycles. The van der Waals surface area contributed by atoms with Gasteiger partial charge in [-0.3, -0.25) is 9.59 Å². The molecule has 1 spiro atoms. The molecule has 0 radical (unpaired) electrons. The normalized spacial score (nSPS) is 31.2. The van der Waals surface area contributed by atoms with Crippen molar-refractivity contribution in [2.75, 3.05) is 20.1 Å². The number of hydrogen-bond acceptors (Lipinski definition) is 5. The molecule has 2 amide bonds. The highest BCUT2D eigenvalue weighted by Crippen LogP contribution is 2.52. The highest BCUT2D eigenvalue weighted by Gasteiger charge is 2.67. The zero-order valence-electron chi connectivity index (χ0n) is 16.1. The van der Waals surface area contributed by atoms with Crippen LogP contribution in [0.15, 0.2) is 28.9 Å². The van der Waals surface area contributed by atoms with E-state index in [9.17, 15) is 9.59 Å². The molecule has 4 rings (SSSR count). The monoisotopic (exact) mass is 373 g/mol. The Kier molecular flexibility index (Phi) is 4.58. The SMILES string of the molecule is CCC(CC)CN1C[C@]23C=C[C@H](O2)[C@H](C(=O)N(C)Cc2ccno2)[C@@H]3C1=O. The number of carbonyl (C=O) groups excluding carboxylic acids is 2. The Morgan fingerprint density at radius 1 is 1.44 bits per heavy atom. The Morgan fingerprint density at radius 3 is 2.89 bits per heavy atom. The van der Waals surface area contributed by atoms with Crippen molar-refractivity contribution < 1.29 is 18.8 Å². The molecule has 27 heavy (non-hydrogen) atoms. The molecule has 0 aromatic carbocycles. The van der Waals surface area contributed by atoms with Crippen LogP contribution in [0.3, 0.4) is 0 Å². The minimum atomic E-state index is -0.638. The van der Waals surface area contributed by atoms with E-state index in [1.165, 1.54) is 0 Å². The van der Waals surface area contributed by atoms with Gasteiger partial charge in [-0.1, -0.05) is 44.0 Å². The summed E-state index contributed by atoms with van der Waals surface area (Å²) in [6.07, 6.45) is 7.28. The highest BCUT2D eigenvalue weighted by molar-refractivity contribution is 5.93. The number of carbonyl (C=O) groups is 2. The second kappa shape index (κ2) is 6.78. The Bertz CT molecular complexity index is 742. The Labute approximate surface area is 159 Å². The lowest BCUT2D eigenvalue weighted by Gasteiger charge is -2.27. The number of fused-ring (bicyclic) bond motifs is 1. The summed E-state index contributed by atoms with van der Waals surface area (Å²) < 4.78 is 11.3. The third-order valence-corrected chi connectivity index (χ3v) is 6.36. The van der Waals surface area contributed by atoms with E-state index in [0.717, 1.165) is 19.4 Å². The standard InChI is InChI=1S/C20H27N3O4/c1-4-13(5-2)10-23-12-20-8-6-15(26-20)16(17(20)19(23)25)18(24)22(3)11-14-7-9-21-27-14/h6-9,13,15-17H,4-5,10-12H2,1-3H3/t15-,16-,17+,20-/m0/s1. The van der Waals surface area contributed by atoms with Gasteiger partial charge in [0.15, 0.2) is 5.76 Å². The number of rotatable bonds is 7. The van der Waals surface area contributed by atoms with E-state index >= 15 is 0 Å². The van der Waals surface area contributed by atoms with E-state index in [2.05, 4.69) is 19.0 Å². The fraction of sp³-hybridized carbons (Fsp3) is 0.650. The zero-order valence-corrected chi connectivity index (χ0v) is 16.1. The van der Waals surface area contributed by atoms with Gasteiger partial charge in [0, 0.05) is 19.7 Å². The van der Waals surface area contributed by atoms with Crippen LogP contribution in [-0.4, -0.2) is 58.6 Å². The van der Waals surface area contributed by atoms with Crippen LogP contribution >= 0.6 is 0 Å². The van der Waals surface area contributed by atoms with Gasteiger partial charge in [-0.2, -0.15) is 0 Å². The van der Waals surface area contributed by atoms with Crippen molar-refractivity contribution in [1.29, 1.82) is 0 Å². The van der Waals surface area contributed by atoms with Crippen LogP contribution in [0.2, 0.25) is 0 Å². The van der Waals surface area contributed by atoms with Gasteiger partial charge in [-0.15, -0.1) is 0 Å². The molecule has 2 saturated heterocycles. The molecule has 2 fully saturated rings. The average molecular weight is 373 g/mol. The first-order valence-electron chi connectivity index (χ1n) is 9.79. The molecule has 1 aromatic heterocycles. The minimum Gasteiger partial charge on any atom is -0.360 e. The maximum atomic E-state index is 13.2. The second-order valence-corrected chi connectivity index (χ2v) is 7.97. The number of amides is 2. The molecule has 3 aliphatic rings. The highest BCUT2D eigenvalue weighted by atomic mass is 16.5. The minimum absolute atomic E-state index is 0.0557. The van der Waals surface area contributed by atoms with Crippen molar-refractivity contribution in [3.63, 3.8) is 0 Å². The lowest BCUT2D eigenvalue weighted by molar-refractivity contribution is -0.143. The molecule has 4 atom stereocenters. The maximum Gasteiger partial charge on any atom is 0.230 e. The van der Waals surface area contributed by atoms with Crippen LogP contribution in [0, 0.1) is 17.8 Å². The molecule has 146 valence electrons. The van der Waals surface area contributed by atoms with Crippen LogP contribution in [0.4, 0.5) is 0 Å². The van der Waals surface area contributed by atoms with Crippen molar-refractivity contribution in [2.24, 2.45) is 17.8 Å². The molecule has 7 heteroatoms. The quantitative estimate of drug-likeness (QED) is 0.682. The summed E-state index contributed by atoms with van der Waals surface area (Å²) in [7, 11) is 1.73. The Hall–Kier alpha value is -2.15. The van der Waals surface area contributed by atoms with Crippen LogP contribution in [0.1, 0.15) is 32.4 Å². The largest absolute Gasteiger partial charge is 0.360 e. The van der Waals surface area contributed by atoms with Gasteiger partial charge in [0.05, 0.1) is 37.2 Å². The third-order valence-electron chi connectivity index (χ3n) is 6.36. The average Bonchev–Trinajstić information content (AvgIpc) is 3.42. The van der Waals surface area contributed by atoms with Crippen LogP contribution in [-0.2, 0) is 20.9 Å².